The van der Waals surface area contributed by atoms with E-state index in [4.69, 9.17) is 11.5 Å². The molecule has 0 aliphatic rings. The molecule has 0 aromatic heterocycles. The maximum Gasteiger partial charge on any atom is 0.250 e. The lowest BCUT2D eigenvalue weighted by Gasteiger charge is -2.09. The second kappa shape index (κ2) is 4.50. The Labute approximate surface area is 83.3 Å². The Morgan fingerprint density at radius 2 is 2.21 bits per heavy atom. The molecule has 4 heteroatoms. The molecular formula is C10H15N3O. The van der Waals surface area contributed by atoms with Gasteiger partial charge in [-0.2, -0.15) is 0 Å². The SMILES string of the molecule is CCCNc1ccc(N)cc1C(N)=O. The highest BCUT2D eigenvalue weighted by atomic mass is 16.1. The minimum Gasteiger partial charge on any atom is -0.399 e. The number of amides is 1. The molecule has 1 rings (SSSR count). The van der Waals surface area contributed by atoms with Crippen molar-refractivity contribution in [2.45, 2.75) is 13.3 Å². The molecule has 0 fully saturated rings. The lowest BCUT2D eigenvalue weighted by Crippen LogP contribution is -2.15. The Balaban J connectivity index is 2.96. The monoisotopic (exact) mass is 193 g/mol. The van der Waals surface area contributed by atoms with E-state index in [1.165, 1.54) is 0 Å². The maximum atomic E-state index is 11.1. The third-order valence-corrected chi connectivity index (χ3v) is 1.87. The average molecular weight is 193 g/mol. The third-order valence-electron chi connectivity index (χ3n) is 1.87. The van der Waals surface area contributed by atoms with Gasteiger partial charge in [-0.3, -0.25) is 4.79 Å². The van der Waals surface area contributed by atoms with Gasteiger partial charge in [0.25, 0.3) is 5.91 Å². The van der Waals surface area contributed by atoms with Crippen LogP contribution in [-0.4, -0.2) is 12.5 Å². The molecule has 0 saturated heterocycles. The van der Waals surface area contributed by atoms with Crippen molar-refractivity contribution in [3.8, 4) is 0 Å². The summed E-state index contributed by atoms with van der Waals surface area (Å²) >= 11 is 0. The highest BCUT2D eigenvalue weighted by Gasteiger charge is 2.07. The zero-order valence-corrected chi connectivity index (χ0v) is 8.21. The number of nitrogen functional groups attached to an aromatic ring is 1. The molecule has 4 nitrogen and oxygen atoms in total. The smallest absolute Gasteiger partial charge is 0.250 e. The van der Waals surface area contributed by atoms with Gasteiger partial charge in [0, 0.05) is 17.9 Å². The number of rotatable bonds is 4. The fourth-order valence-corrected chi connectivity index (χ4v) is 1.18. The molecule has 0 aliphatic carbocycles. The molecule has 0 spiro atoms. The van der Waals surface area contributed by atoms with Gasteiger partial charge < -0.3 is 16.8 Å². The molecular weight excluding hydrogens is 178 g/mol. The van der Waals surface area contributed by atoms with Crippen molar-refractivity contribution in [1.29, 1.82) is 0 Å². The molecule has 5 N–H and O–H groups in total. The van der Waals surface area contributed by atoms with E-state index in [1.807, 2.05) is 6.92 Å². The van der Waals surface area contributed by atoms with Gasteiger partial charge in [0.15, 0.2) is 0 Å². The molecule has 1 aromatic carbocycles. The summed E-state index contributed by atoms with van der Waals surface area (Å²) in [4.78, 5) is 11.1. The van der Waals surface area contributed by atoms with Gasteiger partial charge in [-0.1, -0.05) is 6.92 Å². The molecule has 0 bridgehead atoms. The van der Waals surface area contributed by atoms with Crippen LogP contribution in [0.2, 0.25) is 0 Å². The third kappa shape index (κ3) is 2.39. The van der Waals surface area contributed by atoms with Crippen LogP contribution in [0.4, 0.5) is 11.4 Å². The van der Waals surface area contributed by atoms with Crippen molar-refractivity contribution in [2.24, 2.45) is 5.73 Å². The fraction of sp³-hybridized carbons (Fsp3) is 0.300. The first-order valence-electron chi connectivity index (χ1n) is 4.58. The number of nitrogens with two attached hydrogens (primary N) is 2. The summed E-state index contributed by atoms with van der Waals surface area (Å²) < 4.78 is 0. The largest absolute Gasteiger partial charge is 0.399 e. The highest BCUT2D eigenvalue weighted by Crippen LogP contribution is 2.18. The number of hydrogen-bond donors (Lipinski definition) is 3. The summed E-state index contributed by atoms with van der Waals surface area (Å²) in [5.41, 5.74) is 12.5. The minimum absolute atomic E-state index is 0.443. The normalized spacial score (nSPS) is 9.79. The Kier molecular flexibility index (Phi) is 3.34. The standard InChI is InChI=1S/C10H15N3O/c1-2-5-13-9-4-3-7(11)6-8(9)10(12)14/h3-4,6,13H,2,5,11H2,1H3,(H2,12,14). The van der Waals surface area contributed by atoms with Gasteiger partial charge in [-0.15, -0.1) is 0 Å². The number of carbonyl (C=O) groups excluding carboxylic acids is 1. The van der Waals surface area contributed by atoms with E-state index in [9.17, 15) is 4.79 Å². The Morgan fingerprint density at radius 1 is 1.50 bits per heavy atom. The van der Waals surface area contributed by atoms with Crippen LogP contribution >= 0.6 is 0 Å². The molecule has 0 unspecified atom stereocenters. The first kappa shape index (κ1) is 10.4. The molecule has 0 atom stereocenters. The van der Waals surface area contributed by atoms with Crippen LogP contribution in [0.1, 0.15) is 23.7 Å². The van der Waals surface area contributed by atoms with Gasteiger partial charge in [0.2, 0.25) is 0 Å². The number of primary amides is 1. The van der Waals surface area contributed by atoms with E-state index in [1.54, 1.807) is 18.2 Å². The fourth-order valence-electron chi connectivity index (χ4n) is 1.18. The summed E-state index contributed by atoms with van der Waals surface area (Å²) in [5.74, 6) is -0.462. The van der Waals surface area contributed by atoms with Crippen LogP contribution < -0.4 is 16.8 Å². The topological polar surface area (TPSA) is 81.1 Å². The first-order valence-corrected chi connectivity index (χ1v) is 4.58. The van der Waals surface area contributed by atoms with Crippen LogP contribution in [0, 0.1) is 0 Å². The quantitative estimate of drug-likeness (QED) is 0.628. The molecule has 1 amide bonds. The zero-order chi connectivity index (χ0) is 10.6. The molecule has 14 heavy (non-hydrogen) atoms. The van der Waals surface area contributed by atoms with E-state index in [0.29, 0.717) is 11.3 Å². The lowest BCUT2D eigenvalue weighted by molar-refractivity contribution is 0.100. The number of hydrogen-bond acceptors (Lipinski definition) is 3. The second-order valence-corrected chi connectivity index (χ2v) is 3.10. The van der Waals surface area contributed by atoms with Crippen molar-refractivity contribution in [3.05, 3.63) is 23.8 Å². The number of carbonyl (C=O) groups is 1. The summed E-state index contributed by atoms with van der Waals surface area (Å²) in [6.07, 6.45) is 0.989. The molecule has 1 aromatic rings. The summed E-state index contributed by atoms with van der Waals surface area (Å²) in [5, 5.41) is 3.12. The Bertz CT molecular complexity index is 336. The minimum atomic E-state index is -0.462. The predicted molar refractivity (Wildman–Crippen MR) is 58.2 cm³/mol. The van der Waals surface area contributed by atoms with Crippen molar-refractivity contribution in [2.75, 3.05) is 17.6 Å². The van der Waals surface area contributed by atoms with E-state index in [0.717, 1.165) is 18.7 Å². The maximum absolute atomic E-state index is 11.1. The van der Waals surface area contributed by atoms with Crippen molar-refractivity contribution in [1.82, 2.24) is 0 Å². The van der Waals surface area contributed by atoms with Gasteiger partial charge in [0.05, 0.1) is 5.56 Å². The van der Waals surface area contributed by atoms with Gasteiger partial charge >= 0.3 is 0 Å². The predicted octanol–water partition coefficient (Wildman–Crippen LogP) is 1.19. The van der Waals surface area contributed by atoms with Crippen molar-refractivity contribution < 1.29 is 4.79 Å². The van der Waals surface area contributed by atoms with Crippen molar-refractivity contribution >= 4 is 17.3 Å². The molecule has 76 valence electrons. The summed E-state index contributed by atoms with van der Waals surface area (Å²) in [6.45, 7) is 2.86. The van der Waals surface area contributed by atoms with E-state index in [2.05, 4.69) is 5.32 Å². The van der Waals surface area contributed by atoms with Crippen LogP contribution in [0.5, 0.6) is 0 Å². The van der Waals surface area contributed by atoms with E-state index < -0.39 is 5.91 Å². The summed E-state index contributed by atoms with van der Waals surface area (Å²) in [6, 6.07) is 5.09. The molecule has 0 heterocycles. The average Bonchev–Trinajstić information content (AvgIpc) is 2.15. The van der Waals surface area contributed by atoms with Gasteiger partial charge in [-0.05, 0) is 24.6 Å². The van der Waals surface area contributed by atoms with Crippen LogP contribution in [-0.2, 0) is 0 Å². The number of anilines is 2. The summed E-state index contributed by atoms with van der Waals surface area (Å²) in [7, 11) is 0. The van der Waals surface area contributed by atoms with Crippen LogP contribution in [0.25, 0.3) is 0 Å². The van der Waals surface area contributed by atoms with Crippen LogP contribution in [0.15, 0.2) is 18.2 Å². The Hall–Kier alpha value is -1.71. The molecule has 0 aliphatic heterocycles. The zero-order valence-electron chi connectivity index (χ0n) is 8.21. The first-order chi connectivity index (χ1) is 6.65. The molecule has 0 radical (unpaired) electrons. The van der Waals surface area contributed by atoms with Crippen LogP contribution in [0.3, 0.4) is 0 Å². The molecule has 0 saturated carbocycles. The lowest BCUT2D eigenvalue weighted by atomic mass is 10.1. The highest BCUT2D eigenvalue weighted by molar-refractivity contribution is 5.99. The van der Waals surface area contributed by atoms with Gasteiger partial charge in [-0.25, -0.2) is 0 Å². The number of nitrogens with one attached hydrogen (secondary N) is 1. The van der Waals surface area contributed by atoms with E-state index >= 15 is 0 Å². The number of benzene rings is 1. The Morgan fingerprint density at radius 3 is 2.79 bits per heavy atom. The van der Waals surface area contributed by atoms with E-state index in [-0.39, 0.29) is 0 Å². The van der Waals surface area contributed by atoms with Gasteiger partial charge in [0.1, 0.15) is 0 Å². The van der Waals surface area contributed by atoms with Crippen molar-refractivity contribution in [3.63, 3.8) is 0 Å². The second-order valence-electron chi connectivity index (χ2n) is 3.10.